The zero-order valence-electron chi connectivity index (χ0n) is 15.1. The number of alkyl halides is 3. The third-order valence-corrected chi connectivity index (χ3v) is 4.60. The fraction of sp³-hybridized carbons (Fsp3) is 0.250. The Balaban J connectivity index is 1.50. The first kappa shape index (κ1) is 19.0. The van der Waals surface area contributed by atoms with Crippen molar-refractivity contribution in [2.45, 2.75) is 31.8 Å². The molecule has 0 radical (unpaired) electrons. The van der Waals surface area contributed by atoms with Crippen LogP contribution < -0.4 is 4.74 Å². The lowest BCUT2D eigenvalue weighted by Gasteiger charge is -2.22. The van der Waals surface area contributed by atoms with E-state index >= 15 is 0 Å². The monoisotopic (exact) mass is 403 g/mol. The summed E-state index contributed by atoms with van der Waals surface area (Å²) in [4.78, 5) is 18.4. The fourth-order valence-electron chi connectivity index (χ4n) is 3.26. The number of hydrogen-bond donors (Lipinski definition) is 0. The molecule has 1 unspecified atom stereocenters. The SMILES string of the molecule is O=C1CCC(c2nc(-c3ccccc3)no2)N1Cc1ccc(OC(F)(F)F)cc1. The van der Waals surface area contributed by atoms with Gasteiger partial charge in [-0.3, -0.25) is 4.79 Å². The van der Waals surface area contributed by atoms with Crippen LogP contribution in [0, 0.1) is 0 Å². The maximum Gasteiger partial charge on any atom is 0.573 e. The maximum absolute atomic E-state index is 12.4. The van der Waals surface area contributed by atoms with Crippen molar-refractivity contribution < 1.29 is 27.2 Å². The highest BCUT2D eigenvalue weighted by atomic mass is 19.4. The number of benzene rings is 2. The molecule has 2 heterocycles. The van der Waals surface area contributed by atoms with Gasteiger partial charge in [0.1, 0.15) is 11.8 Å². The first-order valence-corrected chi connectivity index (χ1v) is 8.92. The van der Waals surface area contributed by atoms with E-state index in [2.05, 4.69) is 14.9 Å². The molecule has 0 saturated carbocycles. The zero-order chi connectivity index (χ0) is 20.4. The van der Waals surface area contributed by atoms with Gasteiger partial charge in [-0.25, -0.2) is 0 Å². The molecule has 150 valence electrons. The largest absolute Gasteiger partial charge is 0.573 e. The average Bonchev–Trinajstić information content (AvgIpc) is 3.30. The van der Waals surface area contributed by atoms with Crippen LogP contribution in [0.3, 0.4) is 0 Å². The number of carbonyl (C=O) groups is 1. The van der Waals surface area contributed by atoms with Gasteiger partial charge in [-0.05, 0) is 24.1 Å². The minimum absolute atomic E-state index is 0.0786. The topological polar surface area (TPSA) is 68.5 Å². The summed E-state index contributed by atoms with van der Waals surface area (Å²) in [6.07, 6.45) is -3.88. The Morgan fingerprint density at radius 2 is 1.83 bits per heavy atom. The van der Waals surface area contributed by atoms with Gasteiger partial charge in [-0.2, -0.15) is 4.98 Å². The Morgan fingerprint density at radius 1 is 1.10 bits per heavy atom. The van der Waals surface area contributed by atoms with E-state index in [4.69, 9.17) is 4.52 Å². The van der Waals surface area contributed by atoms with Gasteiger partial charge in [0.05, 0.1) is 0 Å². The van der Waals surface area contributed by atoms with Gasteiger partial charge in [-0.15, -0.1) is 13.2 Å². The van der Waals surface area contributed by atoms with Crippen molar-refractivity contribution in [3.63, 3.8) is 0 Å². The Kier molecular flexibility index (Phi) is 4.96. The normalized spacial score (nSPS) is 17.0. The summed E-state index contributed by atoms with van der Waals surface area (Å²) in [5.41, 5.74) is 1.47. The highest BCUT2D eigenvalue weighted by Gasteiger charge is 2.36. The minimum atomic E-state index is -4.74. The molecule has 2 aromatic carbocycles. The number of aromatic nitrogens is 2. The molecule has 1 atom stereocenters. The Labute approximate surface area is 163 Å². The highest BCUT2D eigenvalue weighted by molar-refractivity contribution is 5.78. The van der Waals surface area contributed by atoms with Crippen LogP contribution in [0.25, 0.3) is 11.4 Å². The van der Waals surface area contributed by atoms with Gasteiger partial charge in [0.25, 0.3) is 0 Å². The molecule has 0 bridgehead atoms. The van der Waals surface area contributed by atoms with E-state index in [0.717, 1.165) is 5.56 Å². The van der Waals surface area contributed by atoms with Crippen molar-refractivity contribution in [3.8, 4) is 17.1 Å². The molecular formula is C20H16F3N3O3. The Bertz CT molecular complexity index is 987. The Hall–Kier alpha value is -3.36. The van der Waals surface area contributed by atoms with Crippen molar-refractivity contribution in [1.82, 2.24) is 15.0 Å². The minimum Gasteiger partial charge on any atom is -0.406 e. The summed E-state index contributed by atoms with van der Waals surface area (Å²) in [7, 11) is 0. The Morgan fingerprint density at radius 3 is 2.52 bits per heavy atom. The summed E-state index contributed by atoms with van der Waals surface area (Å²) in [5, 5.41) is 4.00. The maximum atomic E-state index is 12.4. The molecule has 0 aliphatic carbocycles. The second-order valence-corrected chi connectivity index (χ2v) is 6.59. The van der Waals surface area contributed by atoms with Crippen molar-refractivity contribution in [3.05, 3.63) is 66.1 Å². The number of hydrogen-bond acceptors (Lipinski definition) is 5. The van der Waals surface area contributed by atoms with Crippen molar-refractivity contribution in [1.29, 1.82) is 0 Å². The molecule has 1 fully saturated rings. The number of likely N-dealkylation sites (tertiary alicyclic amines) is 1. The van der Waals surface area contributed by atoms with Crippen LogP contribution in [0.2, 0.25) is 0 Å². The molecule has 3 aromatic rings. The summed E-state index contributed by atoms with van der Waals surface area (Å²) in [6, 6.07) is 14.4. The number of ether oxygens (including phenoxy) is 1. The van der Waals surface area contributed by atoms with E-state index < -0.39 is 6.36 Å². The van der Waals surface area contributed by atoms with Crippen LogP contribution in [-0.4, -0.2) is 27.3 Å². The van der Waals surface area contributed by atoms with Crippen molar-refractivity contribution >= 4 is 5.91 Å². The van der Waals surface area contributed by atoms with E-state index in [1.807, 2.05) is 30.3 Å². The summed E-state index contributed by atoms with van der Waals surface area (Å²) < 4.78 is 46.1. The van der Waals surface area contributed by atoms with E-state index in [9.17, 15) is 18.0 Å². The lowest BCUT2D eigenvalue weighted by atomic mass is 10.1. The molecular weight excluding hydrogens is 387 g/mol. The molecule has 6 nitrogen and oxygen atoms in total. The van der Waals surface area contributed by atoms with Gasteiger partial charge in [0, 0.05) is 18.5 Å². The standard InChI is InChI=1S/C20H16F3N3O3/c21-20(22,23)28-15-8-6-13(7-9-15)12-26-16(10-11-17(26)27)19-24-18(25-29-19)14-4-2-1-3-5-14/h1-9,16H,10-12H2. The molecule has 1 aliphatic rings. The highest BCUT2D eigenvalue weighted by Crippen LogP contribution is 2.34. The average molecular weight is 403 g/mol. The third kappa shape index (κ3) is 4.39. The van der Waals surface area contributed by atoms with Gasteiger partial charge in [-0.1, -0.05) is 47.6 Å². The predicted octanol–water partition coefficient (Wildman–Crippen LogP) is 4.50. The van der Waals surface area contributed by atoms with Crippen LogP contribution in [0.4, 0.5) is 13.2 Å². The van der Waals surface area contributed by atoms with E-state index in [1.54, 1.807) is 4.90 Å². The lowest BCUT2D eigenvalue weighted by molar-refractivity contribution is -0.274. The number of halogens is 3. The lowest BCUT2D eigenvalue weighted by Crippen LogP contribution is -2.27. The fourth-order valence-corrected chi connectivity index (χ4v) is 3.26. The van der Waals surface area contributed by atoms with Crippen LogP contribution in [-0.2, 0) is 11.3 Å². The van der Waals surface area contributed by atoms with Crippen molar-refractivity contribution in [2.75, 3.05) is 0 Å². The van der Waals surface area contributed by atoms with E-state index in [1.165, 1.54) is 24.3 Å². The first-order chi connectivity index (χ1) is 13.9. The summed E-state index contributed by atoms with van der Waals surface area (Å²) in [5.74, 6) is 0.389. The molecule has 1 saturated heterocycles. The first-order valence-electron chi connectivity index (χ1n) is 8.92. The molecule has 29 heavy (non-hydrogen) atoms. The molecule has 1 aromatic heterocycles. The quantitative estimate of drug-likeness (QED) is 0.628. The van der Waals surface area contributed by atoms with E-state index in [-0.39, 0.29) is 24.2 Å². The zero-order valence-corrected chi connectivity index (χ0v) is 15.1. The number of rotatable bonds is 5. The molecule has 9 heteroatoms. The van der Waals surface area contributed by atoms with Gasteiger partial charge >= 0.3 is 6.36 Å². The van der Waals surface area contributed by atoms with Crippen LogP contribution in [0.1, 0.15) is 30.3 Å². The van der Waals surface area contributed by atoms with Gasteiger partial charge in [0.2, 0.25) is 17.6 Å². The summed E-state index contributed by atoms with van der Waals surface area (Å²) in [6.45, 7) is 0.221. The number of amides is 1. The third-order valence-electron chi connectivity index (χ3n) is 4.60. The summed E-state index contributed by atoms with van der Waals surface area (Å²) >= 11 is 0. The molecule has 1 aliphatic heterocycles. The van der Waals surface area contributed by atoms with Gasteiger partial charge in [0.15, 0.2) is 0 Å². The second-order valence-electron chi connectivity index (χ2n) is 6.59. The molecule has 0 N–H and O–H groups in total. The second kappa shape index (κ2) is 7.57. The predicted molar refractivity (Wildman–Crippen MR) is 95.4 cm³/mol. The smallest absolute Gasteiger partial charge is 0.406 e. The van der Waals surface area contributed by atoms with Crippen LogP contribution in [0.15, 0.2) is 59.1 Å². The van der Waals surface area contributed by atoms with Crippen LogP contribution >= 0.6 is 0 Å². The van der Waals surface area contributed by atoms with Gasteiger partial charge < -0.3 is 14.2 Å². The van der Waals surface area contributed by atoms with Crippen molar-refractivity contribution in [2.24, 2.45) is 0 Å². The van der Waals surface area contributed by atoms with E-state index in [0.29, 0.717) is 30.1 Å². The molecule has 0 spiro atoms. The number of carbonyl (C=O) groups excluding carboxylic acids is 1. The number of nitrogens with zero attached hydrogens (tertiary/aromatic N) is 3. The molecule has 1 amide bonds. The molecule has 4 rings (SSSR count). The van der Waals surface area contributed by atoms with Crippen LogP contribution in [0.5, 0.6) is 5.75 Å².